The Hall–Kier alpha value is -3.04. The van der Waals surface area contributed by atoms with Gasteiger partial charge < -0.3 is 5.32 Å². The van der Waals surface area contributed by atoms with Crippen LogP contribution in [0, 0.1) is 15.9 Å². The molecule has 1 aromatic carbocycles. The molecular weight excluding hydrogens is 322 g/mol. The van der Waals surface area contributed by atoms with E-state index in [1.54, 1.807) is 0 Å². The average molecular weight is 329 g/mol. The smallest absolute Gasteiger partial charge is 0.307 e. The number of anilines is 1. The van der Waals surface area contributed by atoms with E-state index in [4.69, 9.17) is 0 Å². The molecule has 0 radical (unpaired) electrons. The molecule has 0 saturated carbocycles. The topological polar surface area (TPSA) is 85.1 Å². The minimum atomic E-state index is -4.61. The summed E-state index contributed by atoms with van der Waals surface area (Å²) in [6, 6.07) is 3.70. The molecule has 0 aliphatic heterocycles. The largest absolute Gasteiger partial charge is 0.416 e. The van der Waals surface area contributed by atoms with Gasteiger partial charge in [-0.1, -0.05) is 0 Å². The third-order valence-corrected chi connectivity index (χ3v) is 2.74. The van der Waals surface area contributed by atoms with Crippen molar-refractivity contribution in [1.29, 1.82) is 0 Å². The van der Waals surface area contributed by atoms with Crippen molar-refractivity contribution in [1.82, 2.24) is 4.98 Å². The lowest BCUT2D eigenvalue weighted by Gasteiger charge is -2.09. The van der Waals surface area contributed by atoms with E-state index >= 15 is 0 Å². The number of hydrogen-bond donors (Lipinski definition) is 1. The summed E-state index contributed by atoms with van der Waals surface area (Å²) in [7, 11) is 0. The van der Waals surface area contributed by atoms with Gasteiger partial charge in [-0.25, -0.2) is 4.98 Å². The summed E-state index contributed by atoms with van der Waals surface area (Å²) in [5.41, 5.74) is -2.14. The molecule has 0 aliphatic rings. The summed E-state index contributed by atoms with van der Waals surface area (Å²) >= 11 is 0. The second kappa shape index (κ2) is 5.99. The minimum Gasteiger partial charge on any atom is -0.307 e. The molecule has 2 rings (SSSR count). The molecule has 23 heavy (non-hydrogen) atoms. The summed E-state index contributed by atoms with van der Waals surface area (Å²) in [6.45, 7) is 0. The van der Waals surface area contributed by atoms with Gasteiger partial charge >= 0.3 is 11.9 Å². The first-order valence-corrected chi connectivity index (χ1v) is 5.97. The fourth-order valence-electron chi connectivity index (χ4n) is 1.66. The number of benzene rings is 1. The van der Waals surface area contributed by atoms with Crippen molar-refractivity contribution in [2.45, 2.75) is 6.18 Å². The third-order valence-electron chi connectivity index (χ3n) is 2.74. The quantitative estimate of drug-likeness (QED) is 0.531. The summed E-state index contributed by atoms with van der Waals surface area (Å²) in [5.74, 6) is -2.58. The van der Waals surface area contributed by atoms with Gasteiger partial charge in [-0.2, -0.15) is 17.6 Å². The van der Waals surface area contributed by atoms with Crippen LogP contribution >= 0.6 is 0 Å². The van der Waals surface area contributed by atoms with Gasteiger partial charge in [0, 0.05) is 17.8 Å². The van der Waals surface area contributed by atoms with Crippen LogP contribution in [0.25, 0.3) is 0 Å². The second-order valence-electron chi connectivity index (χ2n) is 4.30. The number of aromatic nitrogens is 1. The number of pyridine rings is 1. The highest BCUT2D eigenvalue weighted by molar-refractivity contribution is 6.03. The third kappa shape index (κ3) is 3.78. The Labute approximate surface area is 125 Å². The van der Waals surface area contributed by atoms with Crippen molar-refractivity contribution >= 4 is 17.4 Å². The molecule has 1 N–H and O–H groups in total. The van der Waals surface area contributed by atoms with Crippen LogP contribution < -0.4 is 5.32 Å². The van der Waals surface area contributed by atoms with Gasteiger partial charge in [0.05, 0.1) is 10.5 Å². The lowest BCUT2D eigenvalue weighted by Crippen LogP contribution is -2.14. The molecular formula is C13H7F4N3O3. The summed E-state index contributed by atoms with van der Waals surface area (Å²) in [6.07, 6.45) is -3.75. The molecule has 6 nitrogen and oxygen atoms in total. The van der Waals surface area contributed by atoms with Gasteiger partial charge in [-0.3, -0.25) is 14.9 Å². The Kier molecular flexibility index (Phi) is 4.25. The van der Waals surface area contributed by atoms with E-state index in [0.29, 0.717) is 12.1 Å². The standard InChI is InChI=1S/C13H7F4N3O3/c14-9-5-7(1-2-10(9)20(22)23)12(21)19-11-6-8(3-4-18-11)13(15,16)17/h1-6H,(H,18,19,21). The summed E-state index contributed by atoms with van der Waals surface area (Å²) in [4.78, 5) is 24.9. The number of nitro benzene ring substituents is 1. The van der Waals surface area contributed by atoms with E-state index in [1.165, 1.54) is 0 Å². The van der Waals surface area contributed by atoms with Crippen LogP contribution in [0.3, 0.4) is 0 Å². The fraction of sp³-hybridized carbons (Fsp3) is 0.0769. The Balaban J connectivity index is 2.23. The van der Waals surface area contributed by atoms with Crippen LogP contribution in [-0.4, -0.2) is 15.8 Å². The van der Waals surface area contributed by atoms with E-state index in [9.17, 15) is 32.5 Å². The maximum Gasteiger partial charge on any atom is 0.416 e. The van der Waals surface area contributed by atoms with E-state index in [2.05, 4.69) is 10.3 Å². The highest BCUT2D eigenvalue weighted by Crippen LogP contribution is 2.30. The van der Waals surface area contributed by atoms with E-state index in [0.717, 1.165) is 24.4 Å². The second-order valence-corrected chi connectivity index (χ2v) is 4.30. The number of carbonyl (C=O) groups is 1. The van der Waals surface area contributed by atoms with E-state index in [1.807, 2.05) is 0 Å². The fourth-order valence-corrected chi connectivity index (χ4v) is 1.66. The molecule has 0 atom stereocenters. The first-order valence-electron chi connectivity index (χ1n) is 5.97. The van der Waals surface area contributed by atoms with Crippen molar-refractivity contribution < 1.29 is 27.3 Å². The number of hydrogen-bond acceptors (Lipinski definition) is 4. The summed E-state index contributed by atoms with van der Waals surface area (Å²) in [5, 5.41) is 12.5. The van der Waals surface area contributed by atoms with Crippen LogP contribution in [0.4, 0.5) is 29.1 Å². The molecule has 10 heteroatoms. The Morgan fingerprint density at radius 2 is 1.91 bits per heavy atom. The number of amides is 1. The lowest BCUT2D eigenvalue weighted by molar-refractivity contribution is -0.387. The Bertz CT molecular complexity index is 777. The van der Waals surface area contributed by atoms with Gasteiger partial charge in [0.15, 0.2) is 0 Å². The molecule has 0 fully saturated rings. The SMILES string of the molecule is O=C(Nc1cc(C(F)(F)F)ccn1)c1ccc([N+](=O)[O-])c(F)c1. The maximum absolute atomic E-state index is 13.4. The van der Waals surface area contributed by atoms with Crippen LogP contribution in [0.15, 0.2) is 36.5 Å². The predicted octanol–water partition coefficient (Wildman–Crippen LogP) is 3.40. The molecule has 1 aromatic heterocycles. The highest BCUT2D eigenvalue weighted by atomic mass is 19.4. The minimum absolute atomic E-state index is 0.299. The number of alkyl halides is 3. The predicted molar refractivity (Wildman–Crippen MR) is 70.2 cm³/mol. The summed E-state index contributed by atoms with van der Waals surface area (Å²) < 4.78 is 51.1. The maximum atomic E-state index is 13.4. The molecule has 0 aliphatic carbocycles. The molecule has 0 saturated heterocycles. The number of nitrogens with zero attached hydrogens (tertiary/aromatic N) is 2. The first kappa shape index (κ1) is 16.3. The normalized spacial score (nSPS) is 11.1. The number of halogens is 4. The van der Waals surface area contributed by atoms with Gasteiger partial charge in [-0.05, 0) is 24.3 Å². The van der Waals surface area contributed by atoms with Gasteiger partial charge in [0.1, 0.15) is 5.82 Å². The molecule has 0 spiro atoms. The van der Waals surface area contributed by atoms with E-state index < -0.39 is 34.1 Å². The molecule has 120 valence electrons. The molecule has 0 unspecified atom stereocenters. The van der Waals surface area contributed by atoms with Crippen molar-refractivity contribution in [3.63, 3.8) is 0 Å². The van der Waals surface area contributed by atoms with Crippen LogP contribution in [0.1, 0.15) is 15.9 Å². The number of nitrogens with one attached hydrogen (secondary N) is 1. The van der Waals surface area contributed by atoms with Crippen molar-refractivity contribution in [2.24, 2.45) is 0 Å². The average Bonchev–Trinajstić information content (AvgIpc) is 2.46. The van der Waals surface area contributed by atoms with Crippen LogP contribution in [-0.2, 0) is 6.18 Å². The van der Waals surface area contributed by atoms with Crippen molar-refractivity contribution in [2.75, 3.05) is 5.32 Å². The lowest BCUT2D eigenvalue weighted by atomic mass is 10.2. The number of rotatable bonds is 3. The Morgan fingerprint density at radius 3 is 2.48 bits per heavy atom. The zero-order valence-corrected chi connectivity index (χ0v) is 11.1. The molecule has 2 aromatic rings. The molecule has 1 amide bonds. The number of carbonyl (C=O) groups excluding carboxylic acids is 1. The zero-order chi connectivity index (χ0) is 17.2. The van der Waals surface area contributed by atoms with Crippen LogP contribution in [0.2, 0.25) is 0 Å². The van der Waals surface area contributed by atoms with Crippen molar-refractivity contribution in [3.8, 4) is 0 Å². The molecule has 0 bridgehead atoms. The van der Waals surface area contributed by atoms with E-state index in [-0.39, 0.29) is 11.4 Å². The number of nitro groups is 1. The zero-order valence-electron chi connectivity index (χ0n) is 11.1. The van der Waals surface area contributed by atoms with Crippen LogP contribution in [0.5, 0.6) is 0 Å². The van der Waals surface area contributed by atoms with Crippen molar-refractivity contribution in [3.05, 3.63) is 63.6 Å². The monoisotopic (exact) mass is 329 g/mol. The first-order chi connectivity index (χ1) is 10.7. The highest BCUT2D eigenvalue weighted by Gasteiger charge is 2.30. The molecule has 1 heterocycles. The van der Waals surface area contributed by atoms with Gasteiger partial charge in [0.2, 0.25) is 5.82 Å². The van der Waals surface area contributed by atoms with Gasteiger partial charge in [0.25, 0.3) is 5.91 Å². The van der Waals surface area contributed by atoms with Gasteiger partial charge in [-0.15, -0.1) is 0 Å². The Morgan fingerprint density at radius 1 is 1.22 bits per heavy atom.